The van der Waals surface area contributed by atoms with Gasteiger partial charge in [0.05, 0.1) is 27.3 Å². The van der Waals surface area contributed by atoms with Crippen molar-refractivity contribution in [2.75, 3.05) is 27.3 Å². The molecule has 0 amide bonds. The van der Waals surface area contributed by atoms with E-state index in [1.807, 2.05) is 18.2 Å². The number of quaternary nitrogens is 1. The minimum atomic E-state index is -0.0752. The van der Waals surface area contributed by atoms with Crippen LogP contribution in [0, 0.1) is 11.1 Å². The Labute approximate surface area is 167 Å². The van der Waals surface area contributed by atoms with E-state index in [-0.39, 0.29) is 4.65 Å². The molecule has 1 saturated heterocycles. The van der Waals surface area contributed by atoms with Crippen molar-refractivity contribution in [3.63, 3.8) is 0 Å². The van der Waals surface area contributed by atoms with Gasteiger partial charge in [-0.05, 0) is 42.0 Å². The van der Waals surface area contributed by atoms with Crippen molar-refractivity contribution in [3.8, 4) is 11.5 Å². The van der Waals surface area contributed by atoms with Gasteiger partial charge in [0.1, 0.15) is 6.54 Å². The van der Waals surface area contributed by atoms with E-state index >= 15 is 0 Å². The van der Waals surface area contributed by atoms with Crippen LogP contribution in [0.15, 0.2) is 48.0 Å². The summed E-state index contributed by atoms with van der Waals surface area (Å²) in [4.78, 5) is 0. The molecule has 0 aromatic heterocycles. The second-order valence-corrected chi connectivity index (χ2v) is 8.18. The standard InChI is InChI=1S/C24H29NO3/c1-27-23-15-21-13-20(14-22(21)16-24(23)28-2)12-18-8-10-25(26,11-9-18)17-19-6-4-3-5-7-19/h3-7,13,15-16,18H,8-12,14,17H2,1-2H3. The van der Waals surface area contributed by atoms with Gasteiger partial charge in [0.2, 0.25) is 0 Å². The maximum atomic E-state index is 13.1. The van der Waals surface area contributed by atoms with Crippen molar-refractivity contribution in [1.82, 2.24) is 0 Å². The van der Waals surface area contributed by atoms with Crippen molar-refractivity contribution in [2.45, 2.75) is 32.2 Å². The summed E-state index contributed by atoms with van der Waals surface area (Å²) in [6, 6.07) is 14.3. The van der Waals surface area contributed by atoms with Crippen molar-refractivity contribution < 1.29 is 14.1 Å². The largest absolute Gasteiger partial charge is 0.633 e. The molecule has 0 radical (unpaired) electrons. The summed E-state index contributed by atoms with van der Waals surface area (Å²) < 4.78 is 10.8. The van der Waals surface area contributed by atoms with E-state index in [1.165, 1.54) is 16.7 Å². The highest BCUT2D eigenvalue weighted by molar-refractivity contribution is 5.67. The van der Waals surface area contributed by atoms with Gasteiger partial charge in [0.25, 0.3) is 0 Å². The van der Waals surface area contributed by atoms with Crippen LogP contribution in [-0.2, 0) is 13.0 Å². The average molecular weight is 380 g/mol. The number of nitrogens with zero attached hydrogens (tertiary/aromatic N) is 1. The summed E-state index contributed by atoms with van der Waals surface area (Å²) in [5, 5.41) is 13.1. The van der Waals surface area contributed by atoms with Crippen LogP contribution in [0.1, 0.15) is 36.0 Å². The third-order valence-electron chi connectivity index (χ3n) is 6.18. The van der Waals surface area contributed by atoms with E-state index in [0.717, 1.165) is 55.8 Å². The number of rotatable bonds is 6. The normalized spacial score (nSPS) is 23.8. The Morgan fingerprint density at radius 3 is 2.36 bits per heavy atom. The summed E-state index contributed by atoms with van der Waals surface area (Å²) >= 11 is 0. The fourth-order valence-electron chi connectivity index (χ4n) is 4.61. The summed E-state index contributed by atoms with van der Waals surface area (Å²) in [5.74, 6) is 2.19. The molecule has 0 saturated carbocycles. The van der Waals surface area contributed by atoms with E-state index in [9.17, 15) is 5.21 Å². The Bertz CT molecular complexity index is 852. The highest BCUT2D eigenvalue weighted by Gasteiger charge is 2.28. The zero-order valence-corrected chi connectivity index (χ0v) is 16.8. The van der Waals surface area contributed by atoms with Crippen LogP contribution >= 0.6 is 0 Å². The summed E-state index contributed by atoms with van der Waals surface area (Å²) in [6.45, 7) is 2.05. The van der Waals surface area contributed by atoms with Gasteiger partial charge in [-0.2, -0.15) is 0 Å². The first-order valence-electron chi connectivity index (χ1n) is 10.1. The number of hydroxylamine groups is 3. The van der Waals surface area contributed by atoms with Crippen molar-refractivity contribution >= 4 is 6.08 Å². The highest BCUT2D eigenvalue weighted by atomic mass is 16.5. The number of benzene rings is 2. The number of ether oxygens (including phenoxy) is 2. The van der Waals surface area contributed by atoms with Crippen molar-refractivity contribution in [3.05, 3.63) is 69.9 Å². The summed E-state index contributed by atoms with van der Waals surface area (Å²) in [5.41, 5.74) is 5.15. The lowest BCUT2D eigenvalue weighted by Gasteiger charge is -2.47. The lowest BCUT2D eigenvalue weighted by Crippen LogP contribution is -2.47. The van der Waals surface area contributed by atoms with E-state index in [1.54, 1.807) is 14.2 Å². The van der Waals surface area contributed by atoms with Crippen LogP contribution in [-0.4, -0.2) is 32.0 Å². The molecule has 4 nitrogen and oxygen atoms in total. The fraction of sp³-hybridized carbons (Fsp3) is 0.417. The Morgan fingerprint density at radius 2 is 1.68 bits per heavy atom. The van der Waals surface area contributed by atoms with Gasteiger partial charge in [-0.15, -0.1) is 0 Å². The van der Waals surface area contributed by atoms with Gasteiger partial charge in [-0.3, -0.25) is 0 Å². The Morgan fingerprint density at radius 1 is 1.00 bits per heavy atom. The van der Waals surface area contributed by atoms with Crippen LogP contribution in [0.4, 0.5) is 0 Å². The van der Waals surface area contributed by atoms with Crippen LogP contribution in [0.2, 0.25) is 0 Å². The lowest BCUT2D eigenvalue weighted by molar-refractivity contribution is -0.899. The van der Waals surface area contributed by atoms with Gasteiger partial charge in [0, 0.05) is 18.4 Å². The molecule has 0 bridgehead atoms. The van der Waals surface area contributed by atoms with Gasteiger partial charge >= 0.3 is 0 Å². The Balaban J connectivity index is 1.35. The van der Waals surface area contributed by atoms with Crippen molar-refractivity contribution in [1.29, 1.82) is 0 Å². The molecule has 0 atom stereocenters. The first-order valence-corrected chi connectivity index (χ1v) is 10.1. The number of hydrogen-bond donors (Lipinski definition) is 0. The predicted molar refractivity (Wildman–Crippen MR) is 112 cm³/mol. The third-order valence-corrected chi connectivity index (χ3v) is 6.18. The number of piperidine rings is 1. The fourth-order valence-corrected chi connectivity index (χ4v) is 4.61. The van der Waals surface area contributed by atoms with E-state index in [0.29, 0.717) is 12.5 Å². The summed E-state index contributed by atoms with van der Waals surface area (Å²) in [7, 11) is 3.35. The van der Waals surface area contributed by atoms with Crippen LogP contribution in [0.5, 0.6) is 11.5 Å². The number of likely N-dealkylation sites (tertiary alicyclic amines) is 1. The molecule has 1 aliphatic heterocycles. The number of allylic oxidation sites excluding steroid dienone is 1. The van der Waals surface area contributed by atoms with Crippen LogP contribution in [0.25, 0.3) is 6.08 Å². The van der Waals surface area contributed by atoms with Crippen LogP contribution in [0.3, 0.4) is 0 Å². The van der Waals surface area contributed by atoms with Gasteiger partial charge < -0.3 is 19.3 Å². The average Bonchev–Trinajstić information content (AvgIpc) is 3.10. The van der Waals surface area contributed by atoms with Crippen LogP contribution < -0.4 is 9.47 Å². The van der Waals surface area contributed by atoms with Crippen molar-refractivity contribution in [2.24, 2.45) is 5.92 Å². The molecule has 0 spiro atoms. The number of fused-ring (bicyclic) bond motifs is 1. The molecule has 1 heterocycles. The molecule has 1 aliphatic carbocycles. The molecular weight excluding hydrogens is 350 g/mol. The molecule has 4 heteroatoms. The quantitative estimate of drug-likeness (QED) is 0.526. The Hall–Kier alpha value is -2.30. The van der Waals surface area contributed by atoms with Gasteiger partial charge in [-0.1, -0.05) is 42.0 Å². The molecule has 2 aromatic rings. The Kier molecular flexibility index (Phi) is 5.42. The molecule has 4 rings (SSSR count). The minimum absolute atomic E-state index is 0.0752. The molecule has 2 aromatic carbocycles. The minimum Gasteiger partial charge on any atom is -0.633 e. The van der Waals surface area contributed by atoms with E-state index < -0.39 is 0 Å². The molecule has 2 aliphatic rings. The zero-order chi connectivity index (χ0) is 19.6. The summed E-state index contributed by atoms with van der Waals surface area (Å²) in [6.07, 6.45) is 6.39. The maximum Gasteiger partial charge on any atom is 0.161 e. The lowest BCUT2D eigenvalue weighted by atomic mass is 9.89. The SMILES string of the molecule is COc1cc2c(cc1OC)CC(CC1CC[N+]([O-])(Cc3ccccc3)CC1)=C2. The third kappa shape index (κ3) is 4.08. The van der Waals surface area contributed by atoms with Gasteiger partial charge in [-0.25, -0.2) is 0 Å². The van der Waals surface area contributed by atoms with Gasteiger partial charge in [0.15, 0.2) is 11.5 Å². The predicted octanol–water partition coefficient (Wildman–Crippen LogP) is 4.96. The monoisotopic (exact) mass is 379 g/mol. The molecular formula is C24H29NO3. The molecule has 0 unspecified atom stereocenters. The molecule has 1 fully saturated rings. The second kappa shape index (κ2) is 7.98. The smallest absolute Gasteiger partial charge is 0.161 e. The zero-order valence-electron chi connectivity index (χ0n) is 16.8. The molecule has 28 heavy (non-hydrogen) atoms. The van der Waals surface area contributed by atoms with E-state index in [4.69, 9.17) is 9.47 Å². The maximum absolute atomic E-state index is 13.1. The topological polar surface area (TPSA) is 41.5 Å². The number of hydrogen-bond acceptors (Lipinski definition) is 3. The van der Waals surface area contributed by atoms with E-state index in [2.05, 4.69) is 30.3 Å². The molecule has 0 N–H and O–H groups in total. The first kappa shape index (κ1) is 19.0. The first-order chi connectivity index (χ1) is 13.6. The molecule has 148 valence electrons. The second-order valence-electron chi connectivity index (χ2n) is 8.18. The highest BCUT2D eigenvalue weighted by Crippen LogP contribution is 2.39. The number of methoxy groups -OCH3 is 2.